The quantitative estimate of drug-likeness (QED) is 0.527. The zero-order valence-corrected chi connectivity index (χ0v) is 15.1. The summed E-state index contributed by atoms with van der Waals surface area (Å²) in [6, 6.07) is 13.1. The Kier molecular flexibility index (Phi) is 4.32. The van der Waals surface area contributed by atoms with Crippen LogP contribution in [0, 0.1) is 4.77 Å². The van der Waals surface area contributed by atoms with Crippen molar-refractivity contribution in [3.8, 4) is 5.69 Å². The summed E-state index contributed by atoms with van der Waals surface area (Å²) in [5, 5.41) is 3.50. The Morgan fingerprint density at radius 2 is 2.00 bits per heavy atom. The predicted molar refractivity (Wildman–Crippen MR) is 102 cm³/mol. The normalized spacial score (nSPS) is 11.0. The van der Waals surface area contributed by atoms with Gasteiger partial charge in [-0.3, -0.25) is 9.36 Å². The Bertz CT molecular complexity index is 1150. The number of para-hydroxylation sites is 1. The first kappa shape index (κ1) is 16.6. The first-order valence-electron chi connectivity index (χ1n) is 7.89. The molecule has 0 unspecified atom stereocenters. The van der Waals surface area contributed by atoms with E-state index >= 15 is 0 Å². The molecule has 6 nitrogen and oxygen atoms in total. The summed E-state index contributed by atoms with van der Waals surface area (Å²) < 4.78 is 3.99. The van der Waals surface area contributed by atoms with E-state index in [0.29, 0.717) is 22.0 Å². The highest BCUT2D eigenvalue weighted by molar-refractivity contribution is 7.71. The fourth-order valence-corrected chi connectivity index (χ4v) is 3.16. The van der Waals surface area contributed by atoms with Crippen LogP contribution in [0.25, 0.3) is 11.3 Å². The van der Waals surface area contributed by atoms with Crippen molar-refractivity contribution in [2.24, 2.45) is 0 Å². The van der Waals surface area contributed by atoms with Gasteiger partial charge in [0.05, 0.1) is 17.3 Å². The smallest absolute Gasteiger partial charge is 0.270 e. The van der Waals surface area contributed by atoms with Crippen LogP contribution in [-0.4, -0.2) is 24.8 Å². The zero-order valence-electron chi connectivity index (χ0n) is 13.5. The number of imidazole rings is 2. The molecule has 1 amide bonds. The molecule has 0 fully saturated rings. The summed E-state index contributed by atoms with van der Waals surface area (Å²) in [5.74, 6) is -0.240. The summed E-state index contributed by atoms with van der Waals surface area (Å²) in [6.07, 6.45) is 5.21. The van der Waals surface area contributed by atoms with Crippen molar-refractivity contribution in [1.29, 1.82) is 0 Å². The van der Waals surface area contributed by atoms with E-state index in [-0.39, 0.29) is 5.91 Å². The molecule has 3 heterocycles. The molecular weight excluding hydrogens is 370 g/mol. The van der Waals surface area contributed by atoms with E-state index < -0.39 is 0 Å². The third-order valence-corrected chi connectivity index (χ3v) is 4.44. The molecule has 0 aliphatic heterocycles. The van der Waals surface area contributed by atoms with E-state index in [1.54, 1.807) is 23.0 Å². The van der Waals surface area contributed by atoms with E-state index in [1.165, 1.54) is 0 Å². The number of nitrogens with zero attached hydrogens (tertiary/aromatic N) is 3. The number of hydrogen-bond acceptors (Lipinski definition) is 3. The minimum atomic E-state index is -0.240. The van der Waals surface area contributed by atoms with E-state index in [4.69, 9.17) is 23.8 Å². The molecule has 0 atom stereocenters. The molecule has 2 N–H and O–H groups in total. The van der Waals surface area contributed by atoms with Crippen LogP contribution in [0.4, 0.5) is 0 Å². The zero-order chi connectivity index (χ0) is 18.1. The first-order valence-corrected chi connectivity index (χ1v) is 8.67. The number of amides is 1. The highest BCUT2D eigenvalue weighted by Crippen LogP contribution is 2.14. The van der Waals surface area contributed by atoms with Crippen molar-refractivity contribution < 1.29 is 4.79 Å². The topological polar surface area (TPSA) is 67.1 Å². The van der Waals surface area contributed by atoms with Crippen LogP contribution in [0.5, 0.6) is 0 Å². The number of halogens is 1. The molecule has 0 aliphatic rings. The summed E-state index contributed by atoms with van der Waals surface area (Å²) in [4.78, 5) is 20.0. The van der Waals surface area contributed by atoms with Gasteiger partial charge in [-0.25, -0.2) is 4.98 Å². The number of aromatic amines is 1. The van der Waals surface area contributed by atoms with Crippen molar-refractivity contribution >= 4 is 35.4 Å². The number of pyridine rings is 1. The molecule has 4 rings (SSSR count). The van der Waals surface area contributed by atoms with Crippen LogP contribution in [0.3, 0.4) is 0 Å². The second-order valence-corrected chi connectivity index (χ2v) is 6.50. The third kappa shape index (κ3) is 3.14. The summed E-state index contributed by atoms with van der Waals surface area (Å²) in [7, 11) is 0. The number of nitrogens with one attached hydrogen (secondary N) is 2. The summed E-state index contributed by atoms with van der Waals surface area (Å²) >= 11 is 11.3. The minimum Gasteiger partial charge on any atom is -0.345 e. The second-order valence-electron chi connectivity index (χ2n) is 5.68. The van der Waals surface area contributed by atoms with Gasteiger partial charge in [0.1, 0.15) is 11.3 Å². The van der Waals surface area contributed by atoms with Gasteiger partial charge in [0, 0.05) is 24.3 Å². The maximum absolute atomic E-state index is 12.6. The molecule has 26 heavy (non-hydrogen) atoms. The van der Waals surface area contributed by atoms with Gasteiger partial charge in [-0.05, 0) is 36.5 Å². The number of hydrogen-bond donors (Lipinski definition) is 2. The molecule has 4 aromatic rings. The van der Waals surface area contributed by atoms with E-state index in [2.05, 4.69) is 15.3 Å². The lowest BCUT2D eigenvalue weighted by atomic mass is 10.3. The fourth-order valence-electron chi connectivity index (χ4n) is 2.73. The van der Waals surface area contributed by atoms with Crippen LogP contribution < -0.4 is 5.32 Å². The first-order chi connectivity index (χ1) is 12.6. The van der Waals surface area contributed by atoms with Crippen LogP contribution in [0.1, 0.15) is 16.2 Å². The van der Waals surface area contributed by atoms with Gasteiger partial charge >= 0.3 is 0 Å². The lowest BCUT2D eigenvalue weighted by molar-refractivity contribution is 0.0943. The Hall–Kier alpha value is -2.90. The maximum Gasteiger partial charge on any atom is 0.270 e. The van der Waals surface area contributed by atoms with Crippen molar-refractivity contribution in [3.63, 3.8) is 0 Å². The molecule has 1 aromatic carbocycles. The van der Waals surface area contributed by atoms with Gasteiger partial charge in [-0.15, -0.1) is 0 Å². The standard InChI is InChI=1S/C18H14ClN5OS/c19-12-6-7-16-22-13(11-23(16)10-12)8-20-17(25)15-9-21-18(26)24(15)14-4-2-1-3-5-14/h1-7,9-11H,8H2,(H,20,25)(H,21,26). The van der Waals surface area contributed by atoms with E-state index in [0.717, 1.165) is 17.0 Å². The van der Waals surface area contributed by atoms with E-state index in [1.807, 2.05) is 47.0 Å². The molecule has 0 aliphatic carbocycles. The molecule has 0 saturated heterocycles. The lowest BCUT2D eigenvalue weighted by Gasteiger charge is -2.08. The van der Waals surface area contributed by atoms with Crippen LogP contribution in [0.2, 0.25) is 5.02 Å². The molecular formula is C18H14ClN5OS. The average molecular weight is 384 g/mol. The SMILES string of the molecule is O=C(NCc1cn2cc(Cl)ccc2n1)c1c[nH]c(=S)n1-c1ccccc1. The molecule has 130 valence electrons. The van der Waals surface area contributed by atoms with Gasteiger partial charge in [0.2, 0.25) is 0 Å². The van der Waals surface area contributed by atoms with Gasteiger partial charge in [0.15, 0.2) is 4.77 Å². The van der Waals surface area contributed by atoms with Crippen LogP contribution in [0.15, 0.2) is 61.1 Å². The number of H-pyrrole nitrogens is 1. The number of carbonyl (C=O) groups is 1. The molecule has 0 bridgehead atoms. The maximum atomic E-state index is 12.6. The average Bonchev–Trinajstić information content (AvgIpc) is 3.23. The molecule has 3 aromatic heterocycles. The summed E-state index contributed by atoms with van der Waals surface area (Å²) in [6.45, 7) is 0.296. The Morgan fingerprint density at radius 1 is 1.19 bits per heavy atom. The number of fused-ring (bicyclic) bond motifs is 1. The minimum absolute atomic E-state index is 0.240. The van der Waals surface area contributed by atoms with Gasteiger partial charge in [0.25, 0.3) is 5.91 Å². The van der Waals surface area contributed by atoms with Crippen LogP contribution in [-0.2, 0) is 6.54 Å². The Labute approximate surface area is 159 Å². The molecule has 8 heteroatoms. The third-order valence-electron chi connectivity index (χ3n) is 3.92. The predicted octanol–water partition coefficient (Wildman–Crippen LogP) is 3.77. The number of benzene rings is 1. The van der Waals surface area contributed by atoms with Crippen molar-refractivity contribution in [2.45, 2.75) is 6.54 Å². The molecule has 0 saturated carbocycles. The largest absolute Gasteiger partial charge is 0.345 e. The number of rotatable bonds is 4. The molecule has 0 radical (unpaired) electrons. The van der Waals surface area contributed by atoms with Gasteiger partial charge < -0.3 is 14.7 Å². The lowest BCUT2D eigenvalue weighted by Crippen LogP contribution is -2.25. The Balaban J connectivity index is 1.56. The monoisotopic (exact) mass is 383 g/mol. The summed E-state index contributed by atoms with van der Waals surface area (Å²) in [5.41, 5.74) is 2.77. The Morgan fingerprint density at radius 3 is 2.81 bits per heavy atom. The van der Waals surface area contributed by atoms with E-state index in [9.17, 15) is 4.79 Å². The highest BCUT2D eigenvalue weighted by Gasteiger charge is 2.14. The van der Waals surface area contributed by atoms with Gasteiger partial charge in [-0.2, -0.15) is 0 Å². The van der Waals surface area contributed by atoms with Gasteiger partial charge in [-0.1, -0.05) is 29.8 Å². The highest BCUT2D eigenvalue weighted by atomic mass is 35.5. The number of aromatic nitrogens is 4. The van der Waals surface area contributed by atoms with Crippen LogP contribution >= 0.6 is 23.8 Å². The molecule has 0 spiro atoms. The second kappa shape index (κ2) is 6.78. The van der Waals surface area contributed by atoms with Crippen molar-refractivity contribution in [3.05, 3.63) is 82.2 Å². The number of carbonyl (C=O) groups excluding carboxylic acids is 1. The van der Waals surface area contributed by atoms with Crippen molar-refractivity contribution in [2.75, 3.05) is 0 Å². The fraction of sp³-hybridized carbons (Fsp3) is 0.0556. The van der Waals surface area contributed by atoms with Crippen molar-refractivity contribution in [1.82, 2.24) is 24.3 Å².